The van der Waals surface area contributed by atoms with Crippen LogP contribution in [0.15, 0.2) is 48.8 Å². The largest absolute Gasteiger partial charge is 0.350 e. The molecule has 142 valence electrons. The van der Waals surface area contributed by atoms with Gasteiger partial charge in [-0.3, -0.25) is 0 Å². The van der Waals surface area contributed by atoms with Gasteiger partial charge in [0.2, 0.25) is 5.95 Å². The van der Waals surface area contributed by atoms with Crippen molar-refractivity contribution in [3.05, 3.63) is 48.8 Å². The quantitative estimate of drug-likeness (QED) is 0.504. The molecule has 0 atom stereocenters. The highest BCUT2D eigenvalue weighted by atomic mass is 15.3. The molecule has 4 aromatic rings. The van der Waals surface area contributed by atoms with E-state index in [0.717, 1.165) is 42.4 Å². The lowest BCUT2D eigenvalue weighted by molar-refractivity contribution is 0.409. The summed E-state index contributed by atoms with van der Waals surface area (Å²) in [7, 11) is 0. The summed E-state index contributed by atoms with van der Waals surface area (Å²) in [6, 6.07) is 12.7. The number of nitrogens with one attached hydrogen (secondary N) is 2. The van der Waals surface area contributed by atoms with E-state index in [1.54, 1.807) is 10.7 Å². The number of hydrogen-bond donors (Lipinski definition) is 3. The Labute approximate surface area is 162 Å². The first-order valence-corrected chi connectivity index (χ1v) is 9.61. The maximum absolute atomic E-state index is 6.01. The maximum Gasteiger partial charge on any atom is 0.243 e. The molecule has 0 aliphatic heterocycles. The van der Waals surface area contributed by atoms with Crippen molar-refractivity contribution < 1.29 is 0 Å². The summed E-state index contributed by atoms with van der Waals surface area (Å²) in [6.07, 6.45) is 7.64. The van der Waals surface area contributed by atoms with Crippen molar-refractivity contribution >= 4 is 34.1 Å². The first-order chi connectivity index (χ1) is 13.7. The summed E-state index contributed by atoms with van der Waals surface area (Å²) in [4.78, 5) is 13.7. The summed E-state index contributed by atoms with van der Waals surface area (Å²) in [6.45, 7) is 0. The highest BCUT2D eigenvalue weighted by Crippen LogP contribution is 2.23. The molecule has 0 bridgehead atoms. The fourth-order valence-electron chi connectivity index (χ4n) is 3.68. The summed E-state index contributed by atoms with van der Waals surface area (Å²) in [5.41, 5.74) is 7.60. The van der Waals surface area contributed by atoms with E-state index in [0.29, 0.717) is 29.5 Å². The third kappa shape index (κ3) is 3.34. The first kappa shape index (κ1) is 16.9. The van der Waals surface area contributed by atoms with Crippen LogP contribution in [0, 0.1) is 0 Å². The van der Waals surface area contributed by atoms with Crippen molar-refractivity contribution in [2.45, 2.75) is 37.8 Å². The molecule has 3 aromatic heterocycles. The molecule has 0 amide bonds. The van der Waals surface area contributed by atoms with Crippen molar-refractivity contribution in [1.29, 1.82) is 0 Å². The monoisotopic (exact) mass is 374 g/mol. The van der Waals surface area contributed by atoms with Gasteiger partial charge in [-0.05, 0) is 43.9 Å². The lowest BCUT2D eigenvalue weighted by atomic mass is 9.92. The van der Waals surface area contributed by atoms with E-state index >= 15 is 0 Å². The van der Waals surface area contributed by atoms with Crippen LogP contribution < -0.4 is 16.4 Å². The number of fused-ring (bicyclic) bond motifs is 2. The van der Waals surface area contributed by atoms with Gasteiger partial charge in [0.15, 0.2) is 11.5 Å². The molecule has 28 heavy (non-hydrogen) atoms. The topological polar surface area (TPSA) is 106 Å². The van der Waals surface area contributed by atoms with Gasteiger partial charge in [-0.15, -0.1) is 5.10 Å². The van der Waals surface area contributed by atoms with Crippen LogP contribution in [-0.2, 0) is 0 Å². The molecule has 0 radical (unpaired) electrons. The van der Waals surface area contributed by atoms with Gasteiger partial charge in [0.05, 0.1) is 5.52 Å². The smallest absolute Gasteiger partial charge is 0.243 e. The molecule has 1 saturated carbocycles. The van der Waals surface area contributed by atoms with E-state index in [4.69, 9.17) is 5.73 Å². The Hall–Kier alpha value is -3.26. The minimum absolute atomic E-state index is 0.311. The number of rotatable bonds is 4. The SMILES string of the molecule is N[C@H]1CC[C@H](Nc2nc(Nc3ccc4ccccc4n3)c3nccn3n2)CC1. The second-order valence-corrected chi connectivity index (χ2v) is 7.25. The summed E-state index contributed by atoms with van der Waals surface area (Å²) < 4.78 is 1.73. The second-order valence-electron chi connectivity index (χ2n) is 7.25. The average molecular weight is 374 g/mol. The number of hydrogen-bond acceptors (Lipinski definition) is 7. The van der Waals surface area contributed by atoms with Gasteiger partial charge in [-0.2, -0.15) is 4.98 Å². The molecule has 8 heteroatoms. The number of pyridine rings is 1. The number of imidazole rings is 1. The van der Waals surface area contributed by atoms with Crippen LogP contribution in [0.25, 0.3) is 16.6 Å². The maximum atomic E-state index is 6.01. The standard InChI is InChI=1S/C20H22N8/c21-14-6-8-15(9-7-14)23-20-26-18(19-22-11-12-28(19)27-20)25-17-10-5-13-3-1-2-4-16(13)24-17/h1-5,10-12,14-15H,6-9,21H2,(H2,23,24,25,26,27)/t14-,15-. The lowest BCUT2D eigenvalue weighted by Gasteiger charge is -2.26. The first-order valence-electron chi connectivity index (χ1n) is 9.61. The van der Waals surface area contributed by atoms with Gasteiger partial charge in [-0.25, -0.2) is 14.5 Å². The fourth-order valence-corrected chi connectivity index (χ4v) is 3.68. The summed E-state index contributed by atoms with van der Waals surface area (Å²) >= 11 is 0. The van der Waals surface area contributed by atoms with Crippen molar-refractivity contribution in [2.24, 2.45) is 5.73 Å². The third-order valence-corrected chi connectivity index (χ3v) is 5.20. The van der Waals surface area contributed by atoms with Crippen LogP contribution in [0.3, 0.4) is 0 Å². The zero-order valence-corrected chi connectivity index (χ0v) is 15.4. The number of aromatic nitrogens is 5. The van der Waals surface area contributed by atoms with Crippen molar-refractivity contribution in [2.75, 3.05) is 10.6 Å². The minimum Gasteiger partial charge on any atom is -0.350 e. The van der Waals surface area contributed by atoms with E-state index in [1.165, 1.54) is 0 Å². The Kier molecular flexibility index (Phi) is 4.25. The Bertz CT molecular complexity index is 1110. The lowest BCUT2D eigenvalue weighted by Crippen LogP contribution is -2.33. The predicted octanol–water partition coefficient (Wildman–Crippen LogP) is 3.10. The van der Waals surface area contributed by atoms with Crippen LogP contribution >= 0.6 is 0 Å². The zero-order valence-electron chi connectivity index (χ0n) is 15.4. The van der Waals surface area contributed by atoms with Gasteiger partial charge in [0.25, 0.3) is 0 Å². The molecule has 1 aromatic carbocycles. The Morgan fingerprint density at radius 1 is 1.00 bits per heavy atom. The number of para-hydroxylation sites is 1. The Morgan fingerprint density at radius 2 is 1.86 bits per heavy atom. The van der Waals surface area contributed by atoms with Gasteiger partial charge in [0, 0.05) is 29.9 Å². The van der Waals surface area contributed by atoms with Crippen LogP contribution in [0.4, 0.5) is 17.6 Å². The van der Waals surface area contributed by atoms with Gasteiger partial charge >= 0.3 is 0 Å². The van der Waals surface area contributed by atoms with Gasteiger partial charge in [0.1, 0.15) is 5.82 Å². The highest BCUT2D eigenvalue weighted by molar-refractivity contribution is 5.81. The van der Waals surface area contributed by atoms with Crippen LogP contribution in [-0.4, -0.2) is 36.6 Å². The van der Waals surface area contributed by atoms with E-state index < -0.39 is 0 Å². The van der Waals surface area contributed by atoms with Crippen LogP contribution in [0.1, 0.15) is 25.7 Å². The van der Waals surface area contributed by atoms with E-state index in [-0.39, 0.29) is 0 Å². The van der Waals surface area contributed by atoms with Gasteiger partial charge < -0.3 is 16.4 Å². The molecule has 1 fully saturated rings. The van der Waals surface area contributed by atoms with Crippen molar-refractivity contribution in [3.63, 3.8) is 0 Å². The van der Waals surface area contributed by atoms with Crippen LogP contribution in [0.5, 0.6) is 0 Å². The Morgan fingerprint density at radius 3 is 2.75 bits per heavy atom. The number of benzene rings is 1. The summed E-state index contributed by atoms with van der Waals surface area (Å²) in [5, 5.41) is 12.4. The summed E-state index contributed by atoms with van der Waals surface area (Å²) in [5.74, 6) is 1.92. The molecule has 8 nitrogen and oxygen atoms in total. The number of nitrogens with zero attached hydrogens (tertiary/aromatic N) is 5. The third-order valence-electron chi connectivity index (χ3n) is 5.20. The highest BCUT2D eigenvalue weighted by Gasteiger charge is 2.20. The molecule has 5 rings (SSSR count). The van der Waals surface area contributed by atoms with E-state index in [2.05, 4.69) is 30.7 Å². The van der Waals surface area contributed by atoms with E-state index in [1.807, 2.05) is 42.6 Å². The molecule has 0 saturated heterocycles. The van der Waals surface area contributed by atoms with Gasteiger partial charge in [-0.1, -0.05) is 18.2 Å². The predicted molar refractivity (Wildman–Crippen MR) is 110 cm³/mol. The second kappa shape index (κ2) is 7.05. The van der Waals surface area contributed by atoms with E-state index in [9.17, 15) is 0 Å². The normalized spacial score (nSPS) is 19.8. The Balaban J connectivity index is 1.45. The van der Waals surface area contributed by atoms with Crippen molar-refractivity contribution in [1.82, 2.24) is 24.6 Å². The minimum atomic E-state index is 0.311. The number of nitrogens with two attached hydrogens (primary N) is 1. The molecule has 4 N–H and O–H groups in total. The molecule has 0 spiro atoms. The average Bonchev–Trinajstić information content (AvgIpc) is 3.19. The molecule has 1 aliphatic carbocycles. The molecular weight excluding hydrogens is 352 g/mol. The van der Waals surface area contributed by atoms with Crippen molar-refractivity contribution in [3.8, 4) is 0 Å². The number of anilines is 3. The molecule has 3 heterocycles. The van der Waals surface area contributed by atoms with Crippen LogP contribution in [0.2, 0.25) is 0 Å². The molecule has 1 aliphatic rings. The zero-order chi connectivity index (χ0) is 18.9. The molecule has 0 unspecified atom stereocenters. The fraction of sp³-hybridized carbons (Fsp3) is 0.300. The molecular formula is C20H22N8.